The Balaban J connectivity index is 2.29. The van der Waals surface area contributed by atoms with Gasteiger partial charge < -0.3 is 9.64 Å². The molecule has 2 aromatic rings. The average molecular weight is 257 g/mol. The number of rotatable bonds is 5. The lowest BCUT2D eigenvalue weighted by atomic mass is 10.0. The Kier molecular flexibility index (Phi) is 4.43. The van der Waals surface area contributed by atoms with E-state index in [0.717, 1.165) is 18.7 Å². The van der Waals surface area contributed by atoms with Crippen LogP contribution >= 0.6 is 0 Å². The van der Waals surface area contributed by atoms with Crippen molar-refractivity contribution in [3.63, 3.8) is 0 Å². The highest BCUT2D eigenvalue weighted by Crippen LogP contribution is 2.28. The van der Waals surface area contributed by atoms with E-state index in [1.165, 1.54) is 16.3 Å². The Morgan fingerprint density at radius 3 is 2.37 bits per heavy atom. The van der Waals surface area contributed by atoms with Crippen molar-refractivity contribution in [3.8, 4) is 5.75 Å². The summed E-state index contributed by atoms with van der Waals surface area (Å²) in [5.74, 6) is 0.955. The van der Waals surface area contributed by atoms with Gasteiger partial charge in [-0.3, -0.25) is 0 Å². The second-order valence-electron chi connectivity index (χ2n) is 5.30. The van der Waals surface area contributed by atoms with Gasteiger partial charge in [0.15, 0.2) is 0 Å². The van der Waals surface area contributed by atoms with Gasteiger partial charge in [-0.05, 0) is 44.3 Å². The first kappa shape index (κ1) is 13.9. The van der Waals surface area contributed by atoms with Gasteiger partial charge in [0, 0.05) is 18.0 Å². The zero-order valence-corrected chi connectivity index (χ0v) is 12.3. The van der Waals surface area contributed by atoms with Crippen molar-refractivity contribution in [3.05, 3.63) is 42.0 Å². The quantitative estimate of drug-likeness (QED) is 0.809. The molecule has 2 heteroatoms. The molecule has 0 amide bonds. The van der Waals surface area contributed by atoms with E-state index >= 15 is 0 Å². The topological polar surface area (TPSA) is 12.5 Å². The van der Waals surface area contributed by atoms with Gasteiger partial charge in [0.05, 0.1) is 7.11 Å². The minimum atomic E-state index is 0.588. The van der Waals surface area contributed by atoms with Crippen molar-refractivity contribution in [2.75, 3.05) is 20.7 Å². The molecule has 0 N–H and O–H groups in total. The summed E-state index contributed by atoms with van der Waals surface area (Å²) in [6.07, 6.45) is 1.07. The van der Waals surface area contributed by atoms with Crippen molar-refractivity contribution < 1.29 is 4.74 Å². The van der Waals surface area contributed by atoms with Crippen LogP contribution in [0.4, 0.5) is 0 Å². The Bertz CT molecular complexity index is 548. The first-order valence-corrected chi connectivity index (χ1v) is 6.88. The largest absolute Gasteiger partial charge is 0.496 e. The maximum Gasteiger partial charge on any atom is 0.126 e. The molecule has 0 radical (unpaired) electrons. The number of methoxy groups -OCH3 is 1. The zero-order chi connectivity index (χ0) is 13.8. The molecule has 0 saturated carbocycles. The van der Waals surface area contributed by atoms with Crippen LogP contribution < -0.4 is 4.74 Å². The molecule has 0 atom stereocenters. The highest BCUT2D eigenvalue weighted by molar-refractivity contribution is 5.91. The predicted molar refractivity (Wildman–Crippen MR) is 82.0 cm³/mol. The molecule has 0 aromatic heterocycles. The van der Waals surface area contributed by atoms with Crippen LogP contribution in [0.1, 0.15) is 19.4 Å². The lowest BCUT2D eigenvalue weighted by Gasteiger charge is -2.21. The van der Waals surface area contributed by atoms with Gasteiger partial charge in [0.2, 0.25) is 0 Å². The van der Waals surface area contributed by atoms with Crippen LogP contribution in [0.15, 0.2) is 36.4 Å². The van der Waals surface area contributed by atoms with Crippen LogP contribution in [-0.4, -0.2) is 31.6 Å². The Morgan fingerprint density at radius 1 is 1.05 bits per heavy atom. The molecule has 102 valence electrons. The van der Waals surface area contributed by atoms with E-state index in [0.29, 0.717) is 6.04 Å². The molecule has 2 nitrogen and oxygen atoms in total. The number of hydrogen-bond donors (Lipinski definition) is 0. The molecule has 0 aliphatic rings. The maximum atomic E-state index is 5.44. The fourth-order valence-electron chi connectivity index (χ4n) is 2.28. The summed E-state index contributed by atoms with van der Waals surface area (Å²) in [7, 11) is 3.91. The second kappa shape index (κ2) is 6.07. The van der Waals surface area contributed by atoms with Crippen LogP contribution in [0.3, 0.4) is 0 Å². The van der Waals surface area contributed by atoms with Crippen molar-refractivity contribution in [2.45, 2.75) is 26.3 Å². The number of ether oxygens (including phenoxy) is 1. The number of hydrogen-bond acceptors (Lipinski definition) is 2. The highest BCUT2D eigenvalue weighted by atomic mass is 16.5. The molecule has 19 heavy (non-hydrogen) atoms. The van der Waals surface area contributed by atoms with Gasteiger partial charge in [-0.25, -0.2) is 0 Å². The normalized spacial score (nSPS) is 11.5. The summed E-state index contributed by atoms with van der Waals surface area (Å²) in [4.78, 5) is 2.37. The third kappa shape index (κ3) is 3.07. The lowest BCUT2D eigenvalue weighted by molar-refractivity contribution is 0.278. The fraction of sp³-hybridized carbons (Fsp3) is 0.412. The number of fused-ring (bicyclic) bond motifs is 1. The van der Waals surface area contributed by atoms with E-state index in [4.69, 9.17) is 4.74 Å². The van der Waals surface area contributed by atoms with Gasteiger partial charge >= 0.3 is 0 Å². The molecule has 0 aliphatic heterocycles. The summed E-state index contributed by atoms with van der Waals surface area (Å²) in [6, 6.07) is 13.3. The van der Waals surface area contributed by atoms with E-state index in [2.05, 4.69) is 62.2 Å². The van der Waals surface area contributed by atoms with Crippen molar-refractivity contribution in [1.29, 1.82) is 0 Å². The van der Waals surface area contributed by atoms with E-state index < -0.39 is 0 Å². The Hall–Kier alpha value is -1.54. The van der Waals surface area contributed by atoms with Crippen molar-refractivity contribution in [2.24, 2.45) is 0 Å². The summed E-state index contributed by atoms with van der Waals surface area (Å²) in [5.41, 5.74) is 1.39. The first-order chi connectivity index (χ1) is 9.13. The molecule has 2 rings (SSSR count). The summed E-state index contributed by atoms with van der Waals surface area (Å²) in [6.45, 7) is 5.53. The molecular weight excluding hydrogens is 234 g/mol. The monoisotopic (exact) mass is 257 g/mol. The number of benzene rings is 2. The molecule has 0 saturated heterocycles. The van der Waals surface area contributed by atoms with Gasteiger partial charge in [-0.2, -0.15) is 0 Å². The maximum absolute atomic E-state index is 5.44. The smallest absolute Gasteiger partial charge is 0.126 e. The van der Waals surface area contributed by atoms with Gasteiger partial charge in [-0.1, -0.05) is 30.3 Å². The number of nitrogens with zero attached hydrogens (tertiary/aromatic N) is 1. The van der Waals surface area contributed by atoms with E-state index in [-0.39, 0.29) is 0 Å². The molecule has 0 aliphatic carbocycles. The van der Waals surface area contributed by atoms with E-state index in [1.54, 1.807) is 7.11 Å². The van der Waals surface area contributed by atoms with Crippen molar-refractivity contribution in [1.82, 2.24) is 4.90 Å². The SMILES string of the molecule is COc1ccc(CCN(C)C(C)C)c2ccccc12. The highest BCUT2D eigenvalue weighted by Gasteiger charge is 2.08. The summed E-state index contributed by atoms with van der Waals surface area (Å²) in [5, 5.41) is 2.51. The predicted octanol–water partition coefficient (Wildman–Crippen LogP) is 3.73. The van der Waals surface area contributed by atoms with Crippen LogP contribution in [-0.2, 0) is 6.42 Å². The van der Waals surface area contributed by atoms with E-state index in [1.807, 2.05) is 0 Å². The minimum absolute atomic E-state index is 0.588. The molecule has 2 aromatic carbocycles. The first-order valence-electron chi connectivity index (χ1n) is 6.88. The molecule has 0 bridgehead atoms. The summed E-state index contributed by atoms with van der Waals surface area (Å²) < 4.78 is 5.44. The average Bonchev–Trinajstić information content (AvgIpc) is 2.44. The molecule has 0 unspecified atom stereocenters. The Morgan fingerprint density at radius 2 is 1.74 bits per heavy atom. The summed E-state index contributed by atoms with van der Waals surface area (Å²) >= 11 is 0. The van der Waals surface area contributed by atoms with E-state index in [9.17, 15) is 0 Å². The van der Waals surface area contributed by atoms with Crippen LogP contribution in [0.5, 0.6) is 5.75 Å². The van der Waals surface area contributed by atoms with Crippen LogP contribution in [0.2, 0.25) is 0 Å². The zero-order valence-electron chi connectivity index (χ0n) is 12.3. The molecule has 0 spiro atoms. The third-order valence-electron chi connectivity index (χ3n) is 3.81. The fourth-order valence-corrected chi connectivity index (χ4v) is 2.28. The standard InChI is InChI=1S/C17H23NO/c1-13(2)18(3)12-11-14-9-10-17(19-4)16-8-6-5-7-15(14)16/h5-10,13H,11-12H2,1-4H3. The van der Waals surface area contributed by atoms with Gasteiger partial charge in [-0.15, -0.1) is 0 Å². The third-order valence-corrected chi connectivity index (χ3v) is 3.81. The minimum Gasteiger partial charge on any atom is -0.496 e. The lowest BCUT2D eigenvalue weighted by Crippen LogP contribution is -2.28. The number of likely N-dealkylation sites (N-methyl/N-ethyl adjacent to an activating group) is 1. The van der Waals surface area contributed by atoms with Crippen molar-refractivity contribution >= 4 is 10.8 Å². The Labute approximate surface area is 116 Å². The molecule has 0 fully saturated rings. The molecule has 0 heterocycles. The second-order valence-corrected chi connectivity index (χ2v) is 5.30. The van der Waals surface area contributed by atoms with Crippen LogP contribution in [0, 0.1) is 0 Å². The van der Waals surface area contributed by atoms with Crippen LogP contribution in [0.25, 0.3) is 10.8 Å². The van der Waals surface area contributed by atoms with Gasteiger partial charge in [0.25, 0.3) is 0 Å². The van der Waals surface area contributed by atoms with Gasteiger partial charge in [0.1, 0.15) is 5.75 Å². The molecular formula is C17H23NO.